The summed E-state index contributed by atoms with van der Waals surface area (Å²) in [6.07, 6.45) is 4.80. The second-order valence-electron chi connectivity index (χ2n) is 5.28. The highest BCUT2D eigenvalue weighted by molar-refractivity contribution is 9.10. The van der Waals surface area contributed by atoms with Gasteiger partial charge in [0.25, 0.3) is 0 Å². The van der Waals surface area contributed by atoms with Gasteiger partial charge in [-0.1, -0.05) is 22.9 Å². The molecule has 100 valence electrons. The monoisotopic (exact) mass is 313 g/mol. The van der Waals surface area contributed by atoms with Gasteiger partial charge in [-0.25, -0.2) is 4.39 Å². The van der Waals surface area contributed by atoms with E-state index >= 15 is 0 Å². The first-order valence-corrected chi connectivity index (χ1v) is 7.64. The summed E-state index contributed by atoms with van der Waals surface area (Å²) < 4.78 is 14.1. The van der Waals surface area contributed by atoms with E-state index < -0.39 is 0 Å². The van der Waals surface area contributed by atoms with Crippen molar-refractivity contribution < 1.29 is 4.39 Å². The van der Waals surface area contributed by atoms with Crippen molar-refractivity contribution in [3.63, 3.8) is 0 Å². The third kappa shape index (κ3) is 3.79. The van der Waals surface area contributed by atoms with Crippen molar-refractivity contribution >= 4 is 15.9 Å². The van der Waals surface area contributed by atoms with E-state index in [0.29, 0.717) is 0 Å². The summed E-state index contributed by atoms with van der Waals surface area (Å²) in [5.74, 6) is 1.36. The quantitative estimate of drug-likeness (QED) is 0.778. The molecule has 1 N–H and O–H groups in total. The number of nitrogens with one attached hydrogen (secondary N) is 1. The molecule has 1 saturated carbocycles. The lowest BCUT2D eigenvalue weighted by Gasteiger charge is -2.37. The van der Waals surface area contributed by atoms with Crippen LogP contribution in [0.2, 0.25) is 0 Å². The molecule has 2 unspecified atom stereocenters. The van der Waals surface area contributed by atoms with Crippen molar-refractivity contribution in [2.75, 3.05) is 13.1 Å². The van der Waals surface area contributed by atoms with Crippen molar-refractivity contribution in [3.8, 4) is 0 Å². The first kappa shape index (κ1) is 14.0. The van der Waals surface area contributed by atoms with Gasteiger partial charge in [-0.05, 0) is 74.4 Å². The molecule has 1 aliphatic carbocycles. The lowest BCUT2D eigenvalue weighted by atomic mass is 9.70. The van der Waals surface area contributed by atoms with E-state index in [9.17, 15) is 4.39 Å². The Morgan fingerprint density at radius 2 is 2.06 bits per heavy atom. The van der Waals surface area contributed by atoms with Gasteiger partial charge in [-0.15, -0.1) is 0 Å². The van der Waals surface area contributed by atoms with Crippen LogP contribution in [0.4, 0.5) is 4.39 Å². The standard InChI is InChI=1S/C15H21BrFN/c1-2-5-18-10-13-4-3-12(13)6-11-7-14(16)9-15(17)8-11/h7-9,12-13,18H,2-6,10H2,1H3. The molecule has 0 aromatic heterocycles. The summed E-state index contributed by atoms with van der Waals surface area (Å²) in [5, 5.41) is 3.49. The summed E-state index contributed by atoms with van der Waals surface area (Å²) in [5.41, 5.74) is 1.12. The third-order valence-corrected chi connectivity index (χ3v) is 4.29. The molecule has 0 aliphatic heterocycles. The zero-order valence-electron chi connectivity index (χ0n) is 10.9. The SMILES string of the molecule is CCCNCC1CCC1Cc1cc(F)cc(Br)c1. The number of hydrogen-bond acceptors (Lipinski definition) is 1. The van der Waals surface area contributed by atoms with Gasteiger partial charge >= 0.3 is 0 Å². The molecular weight excluding hydrogens is 293 g/mol. The highest BCUT2D eigenvalue weighted by atomic mass is 79.9. The molecule has 2 rings (SSSR count). The Balaban J connectivity index is 1.85. The Morgan fingerprint density at radius 1 is 1.28 bits per heavy atom. The molecule has 3 heteroatoms. The highest BCUT2D eigenvalue weighted by Crippen LogP contribution is 2.36. The van der Waals surface area contributed by atoms with E-state index in [4.69, 9.17) is 0 Å². The van der Waals surface area contributed by atoms with Crippen LogP contribution in [-0.4, -0.2) is 13.1 Å². The number of halogens is 2. The fourth-order valence-electron chi connectivity index (χ4n) is 2.67. The zero-order chi connectivity index (χ0) is 13.0. The minimum Gasteiger partial charge on any atom is -0.316 e. The van der Waals surface area contributed by atoms with Crippen LogP contribution in [0.1, 0.15) is 31.7 Å². The highest BCUT2D eigenvalue weighted by Gasteiger charge is 2.30. The molecule has 2 atom stereocenters. The molecule has 0 radical (unpaired) electrons. The van der Waals surface area contributed by atoms with Gasteiger partial charge in [-0.2, -0.15) is 0 Å². The van der Waals surface area contributed by atoms with E-state index in [1.165, 1.54) is 25.3 Å². The number of benzene rings is 1. The van der Waals surface area contributed by atoms with E-state index in [-0.39, 0.29) is 5.82 Å². The molecule has 0 saturated heterocycles. The first-order valence-electron chi connectivity index (χ1n) is 6.84. The fourth-order valence-corrected chi connectivity index (χ4v) is 3.18. The molecule has 18 heavy (non-hydrogen) atoms. The van der Waals surface area contributed by atoms with Crippen molar-refractivity contribution in [1.82, 2.24) is 5.32 Å². The first-order chi connectivity index (χ1) is 8.69. The van der Waals surface area contributed by atoms with E-state index in [1.54, 1.807) is 6.07 Å². The summed E-state index contributed by atoms with van der Waals surface area (Å²) in [4.78, 5) is 0. The van der Waals surface area contributed by atoms with Crippen LogP contribution in [0.3, 0.4) is 0 Å². The molecule has 0 amide bonds. The summed E-state index contributed by atoms with van der Waals surface area (Å²) in [6, 6.07) is 5.22. The van der Waals surface area contributed by atoms with Crippen LogP contribution < -0.4 is 5.32 Å². The maximum Gasteiger partial charge on any atom is 0.124 e. The summed E-state index contributed by atoms with van der Waals surface area (Å²) in [7, 11) is 0. The van der Waals surface area contributed by atoms with Crippen LogP contribution >= 0.6 is 15.9 Å². The fraction of sp³-hybridized carbons (Fsp3) is 0.600. The molecule has 1 fully saturated rings. The summed E-state index contributed by atoms with van der Waals surface area (Å²) >= 11 is 3.36. The van der Waals surface area contributed by atoms with E-state index in [1.807, 2.05) is 6.07 Å². The predicted octanol–water partition coefficient (Wildman–Crippen LogP) is 4.16. The molecular formula is C15H21BrFN. The Labute approximate surface area is 117 Å². The topological polar surface area (TPSA) is 12.0 Å². The van der Waals surface area contributed by atoms with Crippen LogP contribution in [0.5, 0.6) is 0 Å². The van der Waals surface area contributed by atoms with Crippen LogP contribution in [0.25, 0.3) is 0 Å². The molecule has 0 heterocycles. The van der Waals surface area contributed by atoms with Gasteiger partial charge in [0.05, 0.1) is 0 Å². The van der Waals surface area contributed by atoms with Gasteiger partial charge in [0.1, 0.15) is 5.82 Å². The van der Waals surface area contributed by atoms with Gasteiger partial charge in [-0.3, -0.25) is 0 Å². The van der Waals surface area contributed by atoms with Crippen LogP contribution in [-0.2, 0) is 6.42 Å². The average molecular weight is 314 g/mol. The molecule has 1 aliphatic rings. The maximum atomic E-state index is 13.3. The lowest BCUT2D eigenvalue weighted by Crippen LogP contribution is -2.36. The van der Waals surface area contributed by atoms with Crippen molar-refractivity contribution in [3.05, 3.63) is 34.1 Å². The maximum absolute atomic E-state index is 13.3. The second-order valence-corrected chi connectivity index (χ2v) is 6.20. The number of rotatable bonds is 6. The van der Waals surface area contributed by atoms with Gasteiger partial charge in [0, 0.05) is 4.47 Å². The Hall–Kier alpha value is -0.410. The van der Waals surface area contributed by atoms with Crippen molar-refractivity contribution in [2.45, 2.75) is 32.6 Å². The predicted molar refractivity (Wildman–Crippen MR) is 77.2 cm³/mol. The van der Waals surface area contributed by atoms with Crippen LogP contribution in [0, 0.1) is 17.7 Å². The van der Waals surface area contributed by atoms with Crippen molar-refractivity contribution in [1.29, 1.82) is 0 Å². The third-order valence-electron chi connectivity index (χ3n) is 3.83. The Morgan fingerprint density at radius 3 is 2.67 bits per heavy atom. The van der Waals surface area contributed by atoms with Gasteiger partial charge in [0.15, 0.2) is 0 Å². The lowest BCUT2D eigenvalue weighted by molar-refractivity contribution is 0.171. The smallest absolute Gasteiger partial charge is 0.124 e. The molecule has 1 aromatic carbocycles. The van der Waals surface area contributed by atoms with Gasteiger partial charge < -0.3 is 5.32 Å². The molecule has 1 aromatic rings. The van der Waals surface area contributed by atoms with E-state index in [2.05, 4.69) is 28.2 Å². The minimum atomic E-state index is -0.139. The van der Waals surface area contributed by atoms with Gasteiger partial charge in [0.2, 0.25) is 0 Å². The normalized spacial score (nSPS) is 22.8. The number of hydrogen-bond donors (Lipinski definition) is 1. The second kappa shape index (κ2) is 6.67. The Kier molecular flexibility index (Phi) is 5.19. The average Bonchev–Trinajstić information content (AvgIpc) is 2.29. The largest absolute Gasteiger partial charge is 0.316 e. The minimum absolute atomic E-state index is 0.139. The molecule has 0 bridgehead atoms. The molecule has 1 nitrogen and oxygen atoms in total. The summed E-state index contributed by atoms with van der Waals surface area (Å²) in [6.45, 7) is 4.42. The molecule has 0 spiro atoms. The van der Waals surface area contributed by atoms with Crippen LogP contribution in [0.15, 0.2) is 22.7 Å². The zero-order valence-corrected chi connectivity index (χ0v) is 12.5. The van der Waals surface area contributed by atoms with E-state index in [0.717, 1.165) is 41.4 Å². The van der Waals surface area contributed by atoms with Crippen molar-refractivity contribution in [2.24, 2.45) is 11.8 Å². The Bertz CT molecular complexity index is 374.